The summed E-state index contributed by atoms with van der Waals surface area (Å²) in [6, 6.07) is 0. The minimum absolute atomic E-state index is 0.133. The van der Waals surface area contributed by atoms with Crippen LogP contribution in [0.25, 0.3) is 0 Å². The van der Waals surface area contributed by atoms with Gasteiger partial charge in [0.25, 0.3) is 0 Å². The summed E-state index contributed by atoms with van der Waals surface area (Å²) in [5, 5.41) is 3.88. The van der Waals surface area contributed by atoms with E-state index in [2.05, 4.69) is 17.2 Å². The van der Waals surface area contributed by atoms with Gasteiger partial charge >= 0.3 is 5.97 Å². The lowest BCUT2D eigenvalue weighted by Crippen LogP contribution is -2.14. The highest BCUT2D eigenvalue weighted by Crippen LogP contribution is 2.48. The number of rotatable bonds is 7. The van der Waals surface area contributed by atoms with E-state index in [1.54, 1.807) is 6.92 Å². The molecule has 5 nitrogen and oxygen atoms in total. The normalized spacial score (nSPS) is 15.8. The maximum atomic E-state index is 11.8. The van der Waals surface area contributed by atoms with E-state index in [1.165, 1.54) is 31.1 Å². The predicted molar refractivity (Wildman–Crippen MR) is 78.5 cm³/mol. The summed E-state index contributed by atoms with van der Waals surface area (Å²) >= 11 is 1.23. The Kier molecular flexibility index (Phi) is 4.42. The van der Waals surface area contributed by atoms with Crippen LogP contribution in [0.3, 0.4) is 0 Å². The number of esters is 1. The molecule has 0 amide bonds. The molecular formula is C14H20N2O3S. The van der Waals surface area contributed by atoms with Crippen LogP contribution >= 0.6 is 11.3 Å². The van der Waals surface area contributed by atoms with E-state index < -0.39 is 5.97 Å². The van der Waals surface area contributed by atoms with Crippen LogP contribution < -0.4 is 5.32 Å². The number of nitrogens with zero attached hydrogens (tertiary/aromatic N) is 1. The van der Waals surface area contributed by atoms with Gasteiger partial charge in [-0.3, -0.25) is 4.79 Å². The van der Waals surface area contributed by atoms with Gasteiger partial charge in [-0.2, -0.15) is 0 Å². The van der Waals surface area contributed by atoms with E-state index in [-0.39, 0.29) is 18.1 Å². The Bertz CT molecular complexity index is 520. The molecule has 0 bridgehead atoms. The number of aromatic nitrogens is 1. The molecule has 1 aliphatic rings. The van der Waals surface area contributed by atoms with Gasteiger partial charge in [0.05, 0.1) is 6.61 Å². The molecule has 110 valence electrons. The number of hydrogen-bond acceptors (Lipinski definition) is 6. The van der Waals surface area contributed by atoms with Crippen molar-refractivity contribution in [1.29, 1.82) is 0 Å². The maximum Gasteiger partial charge on any atom is 0.358 e. The van der Waals surface area contributed by atoms with E-state index in [4.69, 9.17) is 4.74 Å². The van der Waals surface area contributed by atoms with Crippen molar-refractivity contribution in [3.8, 4) is 0 Å². The summed E-state index contributed by atoms with van der Waals surface area (Å²) in [6.07, 6.45) is 3.59. The van der Waals surface area contributed by atoms with Gasteiger partial charge in [0.15, 0.2) is 16.6 Å². The maximum absolute atomic E-state index is 11.8. The fraction of sp³-hybridized carbons (Fsp3) is 0.643. The van der Waals surface area contributed by atoms with Gasteiger partial charge in [0.2, 0.25) is 0 Å². The molecule has 1 saturated carbocycles. The molecule has 0 unspecified atom stereocenters. The van der Waals surface area contributed by atoms with Gasteiger partial charge in [-0.1, -0.05) is 18.3 Å². The molecule has 0 atom stereocenters. The van der Waals surface area contributed by atoms with Crippen molar-refractivity contribution < 1.29 is 14.3 Å². The predicted octanol–water partition coefficient (Wildman–Crippen LogP) is 3.12. The minimum Gasteiger partial charge on any atom is -0.461 e. The van der Waals surface area contributed by atoms with Crippen LogP contribution in [0.4, 0.5) is 5.13 Å². The minimum atomic E-state index is -0.529. The van der Waals surface area contributed by atoms with E-state index in [1.807, 2.05) is 0 Å². The highest BCUT2D eigenvalue weighted by atomic mass is 32.1. The van der Waals surface area contributed by atoms with E-state index in [9.17, 15) is 9.59 Å². The lowest BCUT2D eigenvalue weighted by molar-refractivity contribution is 0.0517. The molecule has 2 rings (SSSR count). The van der Waals surface area contributed by atoms with E-state index in [0.29, 0.717) is 15.4 Å². The molecule has 0 saturated heterocycles. The van der Waals surface area contributed by atoms with Crippen molar-refractivity contribution in [3.05, 3.63) is 10.6 Å². The molecule has 0 spiro atoms. The second-order valence-electron chi connectivity index (χ2n) is 5.18. The summed E-state index contributed by atoms with van der Waals surface area (Å²) in [4.78, 5) is 28.0. The molecule has 0 radical (unpaired) electrons. The van der Waals surface area contributed by atoms with Crippen LogP contribution in [-0.2, 0) is 4.74 Å². The van der Waals surface area contributed by atoms with Crippen LogP contribution in [0, 0.1) is 5.41 Å². The zero-order valence-electron chi connectivity index (χ0n) is 12.1. The quantitative estimate of drug-likeness (QED) is 0.618. The number of ether oxygens (including phenoxy) is 1. The van der Waals surface area contributed by atoms with Crippen LogP contribution in [-0.4, -0.2) is 29.9 Å². The van der Waals surface area contributed by atoms with Crippen molar-refractivity contribution in [3.63, 3.8) is 0 Å². The highest BCUT2D eigenvalue weighted by Gasteiger charge is 2.40. The topological polar surface area (TPSA) is 68.3 Å². The second kappa shape index (κ2) is 5.91. The van der Waals surface area contributed by atoms with Gasteiger partial charge in [0.1, 0.15) is 4.88 Å². The third-order valence-corrected chi connectivity index (χ3v) is 4.85. The molecule has 1 aliphatic carbocycles. The largest absolute Gasteiger partial charge is 0.461 e. The number of carbonyl (C=O) groups is 2. The lowest BCUT2D eigenvalue weighted by Gasteiger charge is -2.11. The Morgan fingerprint density at radius 3 is 2.60 bits per heavy atom. The summed E-state index contributed by atoms with van der Waals surface area (Å²) in [5.41, 5.74) is 0.514. The van der Waals surface area contributed by atoms with Gasteiger partial charge in [0, 0.05) is 13.5 Å². The zero-order valence-corrected chi connectivity index (χ0v) is 12.9. The Morgan fingerprint density at radius 2 is 2.10 bits per heavy atom. The number of ketones is 1. The monoisotopic (exact) mass is 296 g/mol. The molecule has 6 heteroatoms. The Morgan fingerprint density at radius 1 is 1.40 bits per heavy atom. The molecule has 0 aliphatic heterocycles. The van der Waals surface area contributed by atoms with Crippen LogP contribution in [0.2, 0.25) is 0 Å². The number of carbonyl (C=O) groups excluding carboxylic acids is 2. The Balaban J connectivity index is 2.12. The summed E-state index contributed by atoms with van der Waals surface area (Å²) in [6.45, 7) is 6.47. The first kappa shape index (κ1) is 15.0. The third-order valence-electron chi connectivity index (χ3n) is 3.74. The first-order valence-electron chi connectivity index (χ1n) is 6.94. The third kappa shape index (κ3) is 3.17. The summed E-state index contributed by atoms with van der Waals surface area (Å²) in [7, 11) is 0. The first-order valence-corrected chi connectivity index (χ1v) is 7.75. The number of anilines is 1. The Labute approximate surface area is 122 Å². The Hall–Kier alpha value is -1.43. The molecule has 1 N–H and O–H groups in total. The van der Waals surface area contributed by atoms with Crippen molar-refractivity contribution in [2.45, 2.75) is 40.0 Å². The van der Waals surface area contributed by atoms with Gasteiger partial charge in [-0.25, -0.2) is 9.78 Å². The van der Waals surface area contributed by atoms with Crippen molar-refractivity contribution in [1.82, 2.24) is 4.98 Å². The second-order valence-corrected chi connectivity index (χ2v) is 6.18. The van der Waals surface area contributed by atoms with Gasteiger partial charge < -0.3 is 10.1 Å². The summed E-state index contributed by atoms with van der Waals surface area (Å²) in [5.74, 6) is -0.686. The molecule has 1 aromatic heterocycles. The van der Waals surface area contributed by atoms with Crippen LogP contribution in [0.5, 0.6) is 0 Å². The zero-order chi connectivity index (χ0) is 14.8. The smallest absolute Gasteiger partial charge is 0.358 e. The van der Waals surface area contributed by atoms with Crippen molar-refractivity contribution in [2.75, 3.05) is 18.5 Å². The van der Waals surface area contributed by atoms with Gasteiger partial charge in [-0.05, 0) is 31.6 Å². The number of thiazole rings is 1. The number of hydrogen-bond donors (Lipinski definition) is 1. The fourth-order valence-electron chi connectivity index (χ4n) is 2.07. The standard InChI is InChI=1S/C14H20N2O3S/c1-4-14(6-7-14)8-15-13-16-10(12(18)19-5-2)11(20-13)9(3)17/h4-8H2,1-3H3,(H,15,16). The van der Waals surface area contributed by atoms with E-state index in [0.717, 1.165) is 13.0 Å². The van der Waals surface area contributed by atoms with Crippen LogP contribution in [0.1, 0.15) is 60.2 Å². The van der Waals surface area contributed by atoms with Crippen LogP contribution in [0.15, 0.2) is 0 Å². The lowest BCUT2D eigenvalue weighted by atomic mass is 10.0. The van der Waals surface area contributed by atoms with E-state index >= 15 is 0 Å². The molecule has 1 fully saturated rings. The van der Waals surface area contributed by atoms with Crippen molar-refractivity contribution in [2.24, 2.45) is 5.41 Å². The van der Waals surface area contributed by atoms with Crippen molar-refractivity contribution >= 4 is 28.2 Å². The highest BCUT2D eigenvalue weighted by molar-refractivity contribution is 7.17. The first-order chi connectivity index (χ1) is 9.51. The molecular weight excluding hydrogens is 276 g/mol. The SMILES string of the molecule is CCOC(=O)c1nc(NCC2(CC)CC2)sc1C(C)=O. The molecule has 0 aromatic carbocycles. The fourth-order valence-corrected chi connectivity index (χ4v) is 2.91. The van der Waals surface area contributed by atoms with Gasteiger partial charge in [-0.15, -0.1) is 0 Å². The average molecular weight is 296 g/mol. The number of nitrogens with one attached hydrogen (secondary N) is 1. The number of Topliss-reactive ketones (excluding diaryl/α,β-unsaturated/α-hetero) is 1. The molecule has 1 heterocycles. The molecule has 20 heavy (non-hydrogen) atoms. The summed E-state index contributed by atoms with van der Waals surface area (Å²) < 4.78 is 4.94. The average Bonchev–Trinajstić information content (AvgIpc) is 3.07. The molecule has 1 aromatic rings.